The van der Waals surface area contributed by atoms with E-state index in [2.05, 4.69) is 17.1 Å². The number of carbonyl (C=O) groups is 1. The largest absolute Gasteiger partial charge is 0.342 e. The van der Waals surface area contributed by atoms with Gasteiger partial charge in [0.1, 0.15) is 0 Å². The Morgan fingerprint density at radius 2 is 1.88 bits per heavy atom. The molecule has 0 N–H and O–H groups in total. The molecule has 2 heterocycles. The van der Waals surface area contributed by atoms with Crippen molar-refractivity contribution >= 4 is 34.3 Å². The quantitative estimate of drug-likeness (QED) is 0.370. The lowest BCUT2D eigenvalue weighted by atomic mass is 10.2. The van der Waals surface area contributed by atoms with Crippen LogP contribution in [0.4, 0.5) is 0 Å². The minimum Gasteiger partial charge on any atom is -0.342 e. The van der Waals surface area contributed by atoms with Gasteiger partial charge in [0.05, 0.1) is 22.3 Å². The zero-order valence-corrected chi connectivity index (χ0v) is 19.7. The summed E-state index contributed by atoms with van der Waals surface area (Å²) in [7, 11) is 0. The molecule has 0 radical (unpaired) electrons. The summed E-state index contributed by atoms with van der Waals surface area (Å²) in [6.45, 7) is 5.71. The van der Waals surface area contributed by atoms with Crippen LogP contribution in [0, 0.1) is 12.8 Å². The first-order valence-corrected chi connectivity index (χ1v) is 12.4. The fourth-order valence-corrected chi connectivity index (χ4v) is 5.06. The molecule has 170 valence electrons. The fraction of sp³-hybridized carbons (Fsp3) is 0.360. The highest BCUT2D eigenvalue weighted by molar-refractivity contribution is 7.99. The molecule has 5 rings (SSSR count). The van der Waals surface area contributed by atoms with Crippen molar-refractivity contribution in [1.29, 1.82) is 0 Å². The van der Waals surface area contributed by atoms with Crippen molar-refractivity contribution in [2.45, 2.75) is 38.3 Å². The Morgan fingerprint density at radius 1 is 1.12 bits per heavy atom. The number of fused-ring (bicyclic) bond motifs is 3. The molecule has 1 aliphatic carbocycles. The number of amides is 1. The molecule has 4 aromatic rings. The maximum absolute atomic E-state index is 13.5. The normalized spacial score (nSPS) is 13.6. The summed E-state index contributed by atoms with van der Waals surface area (Å²) >= 11 is 1.38. The Hall–Kier alpha value is -3.13. The highest BCUT2D eigenvalue weighted by Gasteiger charge is 2.27. The van der Waals surface area contributed by atoms with Gasteiger partial charge in [-0.15, -0.1) is 10.2 Å². The first-order chi connectivity index (χ1) is 16.1. The molecular formula is C25H27N5O2S. The molecule has 2 aromatic heterocycles. The number of para-hydroxylation sites is 2. The summed E-state index contributed by atoms with van der Waals surface area (Å²) in [6.07, 6.45) is 3.39. The van der Waals surface area contributed by atoms with E-state index in [1.165, 1.54) is 24.6 Å². The number of rotatable bonds is 8. The zero-order valence-electron chi connectivity index (χ0n) is 18.9. The summed E-state index contributed by atoms with van der Waals surface area (Å²) in [5.74, 6) is 1.53. The second kappa shape index (κ2) is 9.02. The van der Waals surface area contributed by atoms with E-state index in [9.17, 15) is 9.59 Å². The topological polar surface area (TPSA) is 72.5 Å². The van der Waals surface area contributed by atoms with Crippen molar-refractivity contribution in [2.24, 2.45) is 5.92 Å². The SMILES string of the molecule is CCCN(CC1CC1)C(=O)CSc1nnc2n(-c3ccccc3C)c(=O)c3ccccc3n12. The number of nitrogens with zero attached hydrogens (tertiary/aromatic N) is 5. The van der Waals surface area contributed by atoms with E-state index < -0.39 is 0 Å². The lowest BCUT2D eigenvalue weighted by Gasteiger charge is -2.21. The van der Waals surface area contributed by atoms with Crippen LogP contribution in [-0.4, -0.2) is 48.8 Å². The van der Waals surface area contributed by atoms with Crippen LogP contribution < -0.4 is 5.56 Å². The maximum Gasteiger partial charge on any atom is 0.267 e. The van der Waals surface area contributed by atoms with Gasteiger partial charge in [-0.2, -0.15) is 0 Å². The fourth-order valence-electron chi connectivity index (χ4n) is 4.22. The van der Waals surface area contributed by atoms with Crippen LogP contribution in [0.15, 0.2) is 58.5 Å². The Balaban J connectivity index is 1.56. The molecule has 0 saturated heterocycles. The van der Waals surface area contributed by atoms with Gasteiger partial charge in [-0.25, -0.2) is 4.57 Å². The predicted molar refractivity (Wildman–Crippen MR) is 131 cm³/mol. The number of benzene rings is 2. The van der Waals surface area contributed by atoms with Gasteiger partial charge < -0.3 is 4.90 Å². The van der Waals surface area contributed by atoms with Gasteiger partial charge in [0.15, 0.2) is 5.16 Å². The summed E-state index contributed by atoms with van der Waals surface area (Å²) in [4.78, 5) is 28.4. The first-order valence-electron chi connectivity index (χ1n) is 11.4. The Kier molecular flexibility index (Phi) is 5.93. The molecule has 1 aliphatic rings. The molecule has 0 unspecified atom stereocenters. The van der Waals surface area contributed by atoms with Crippen molar-refractivity contribution < 1.29 is 4.79 Å². The van der Waals surface area contributed by atoms with Crippen LogP contribution in [0.25, 0.3) is 22.4 Å². The monoisotopic (exact) mass is 461 g/mol. The van der Waals surface area contributed by atoms with Gasteiger partial charge in [0.2, 0.25) is 11.7 Å². The van der Waals surface area contributed by atoms with Crippen molar-refractivity contribution in [3.63, 3.8) is 0 Å². The Bertz CT molecular complexity index is 1390. The number of aromatic nitrogens is 4. The lowest BCUT2D eigenvalue weighted by molar-refractivity contribution is -0.128. The molecule has 0 aliphatic heterocycles. The molecule has 8 heteroatoms. The third-order valence-corrected chi connectivity index (χ3v) is 7.01. The highest BCUT2D eigenvalue weighted by Crippen LogP contribution is 2.30. The summed E-state index contributed by atoms with van der Waals surface area (Å²) < 4.78 is 3.51. The van der Waals surface area contributed by atoms with Gasteiger partial charge >= 0.3 is 0 Å². The molecule has 0 spiro atoms. The van der Waals surface area contributed by atoms with E-state index in [-0.39, 0.29) is 11.5 Å². The van der Waals surface area contributed by atoms with Gasteiger partial charge in [0.25, 0.3) is 5.56 Å². The number of hydrogen-bond acceptors (Lipinski definition) is 5. The highest BCUT2D eigenvalue weighted by atomic mass is 32.2. The molecule has 1 saturated carbocycles. The third kappa shape index (κ3) is 4.15. The van der Waals surface area contributed by atoms with Crippen LogP contribution in [0.3, 0.4) is 0 Å². The average Bonchev–Trinajstić information content (AvgIpc) is 3.55. The minimum atomic E-state index is -0.133. The van der Waals surface area contributed by atoms with Crippen LogP contribution in [0.2, 0.25) is 0 Å². The summed E-state index contributed by atoms with van der Waals surface area (Å²) in [5, 5.41) is 9.99. The molecule has 7 nitrogen and oxygen atoms in total. The van der Waals surface area contributed by atoms with Crippen LogP contribution in [-0.2, 0) is 4.79 Å². The molecular weight excluding hydrogens is 434 g/mol. The van der Waals surface area contributed by atoms with Crippen LogP contribution >= 0.6 is 11.8 Å². The second-order valence-electron chi connectivity index (χ2n) is 8.63. The van der Waals surface area contributed by atoms with E-state index in [0.29, 0.717) is 28.0 Å². The molecule has 2 aromatic carbocycles. The lowest BCUT2D eigenvalue weighted by Crippen LogP contribution is -2.35. The maximum atomic E-state index is 13.5. The molecule has 0 bridgehead atoms. The summed E-state index contributed by atoms with van der Waals surface area (Å²) in [6, 6.07) is 15.2. The molecule has 1 fully saturated rings. The smallest absolute Gasteiger partial charge is 0.267 e. The predicted octanol–water partition coefficient (Wildman–Crippen LogP) is 4.08. The van der Waals surface area contributed by atoms with E-state index in [1.54, 1.807) is 4.57 Å². The van der Waals surface area contributed by atoms with Gasteiger partial charge in [-0.1, -0.05) is 49.0 Å². The molecule has 1 amide bonds. The van der Waals surface area contributed by atoms with Crippen molar-refractivity contribution in [3.8, 4) is 5.69 Å². The van der Waals surface area contributed by atoms with Gasteiger partial charge in [0, 0.05) is 13.1 Å². The second-order valence-corrected chi connectivity index (χ2v) is 9.58. The van der Waals surface area contributed by atoms with Crippen LogP contribution in [0.1, 0.15) is 31.7 Å². The van der Waals surface area contributed by atoms with Gasteiger partial charge in [-0.3, -0.25) is 14.0 Å². The number of thioether (sulfide) groups is 1. The van der Waals surface area contributed by atoms with Crippen LogP contribution in [0.5, 0.6) is 0 Å². The Labute approximate surface area is 196 Å². The number of hydrogen-bond donors (Lipinski definition) is 0. The molecule has 0 atom stereocenters. The van der Waals surface area contributed by atoms with E-state index in [1.807, 2.05) is 64.8 Å². The van der Waals surface area contributed by atoms with E-state index in [0.717, 1.165) is 36.3 Å². The third-order valence-electron chi connectivity index (χ3n) is 6.10. The minimum absolute atomic E-state index is 0.127. The van der Waals surface area contributed by atoms with Crippen molar-refractivity contribution in [3.05, 3.63) is 64.4 Å². The average molecular weight is 462 g/mol. The van der Waals surface area contributed by atoms with Gasteiger partial charge in [-0.05, 0) is 55.9 Å². The number of carbonyl (C=O) groups excluding carboxylic acids is 1. The van der Waals surface area contributed by atoms with E-state index >= 15 is 0 Å². The van der Waals surface area contributed by atoms with E-state index in [4.69, 9.17) is 0 Å². The summed E-state index contributed by atoms with van der Waals surface area (Å²) in [5.41, 5.74) is 2.35. The zero-order chi connectivity index (χ0) is 22.9. The molecule has 33 heavy (non-hydrogen) atoms. The standard InChI is InChI=1S/C25H27N5O2S/c1-3-14-28(15-18-12-13-18)22(31)16-33-25-27-26-24-29(20-10-6-4-8-17(20)2)23(32)19-9-5-7-11-21(19)30(24)25/h4-11,18H,3,12-16H2,1-2H3. The Morgan fingerprint density at radius 3 is 2.64 bits per heavy atom. The number of aryl methyl sites for hydroxylation is 1. The van der Waals surface area contributed by atoms with Crippen molar-refractivity contribution in [1.82, 2.24) is 24.1 Å². The van der Waals surface area contributed by atoms with Crippen molar-refractivity contribution in [2.75, 3.05) is 18.8 Å². The first kappa shape index (κ1) is 21.7.